The summed E-state index contributed by atoms with van der Waals surface area (Å²) in [6.45, 7) is 6.08. The Hall–Kier alpha value is -3.62. The van der Waals surface area contributed by atoms with Gasteiger partial charge in [0, 0.05) is 50.9 Å². The van der Waals surface area contributed by atoms with E-state index >= 15 is 0 Å². The molecule has 8 nitrogen and oxygen atoms in total. The number of likely N-dealkylation sites (N-methyl/N-ethyl adjacent to an activating group) is 1. The molecule has 3 atom stereocenters. The van der Waals surface area contributed by atoms with Gasteiger partial charge in [0.25, 0.3) is 5.56 Å². The standard InChI is InChI=1S/C27H31F3N6O2/c1-17-14-36(18(2)19-6-9-22(10-7-19)38-27(28,29)30)21(15-33(3)4)16-35(17)24-12-25(37)34(5)23-11-8-20(13-31)32-26(23)24/h6-12,17-18,21H,14-16H2,1-5H3/t17-,18?,21?/m0/s1. The number of aryl methyl sites for hydroxylation is 1. The van der Waals surface area contributed by atoms with Crippen molar-refractivity contribution in [1.29, 1.82) is 5.26 Å². The number of ether oxygens (including phenoxy) is 1. The normalized spacial score (nSPS) is 19.5. The SMILES string of the molecule is CC(c1ccc(OC(F)(F)F)cc1)N1C[C@H](C)N(c2cc(=O)n(C)c3ccc(C#N)nc23)CC1CN(C)C. The lowest BCUT2D eigenvalue weighted by Gasteiger charge is -2.49. The number of benzene rings is 1. The fraction of sp³-hybridized carbons (Fsp3) is 0.444. The van der Waals surface area contributed by atoms with Crippen LogP contribution in [0, 0.1) is 11.3 Å². The van der Waals surface area contributed by atoms with E-state index in [1.807, 2.05) is 21.0 Å². The molecule has 0 spiro atoms. The van der Waals surface area contributed by atoms with Gasteiger partial charge in [-0.15, -0.1) is 13.2 Å². The van der Waals surface area contributed by atoms with E-state index in [1.165, 1.54) is 16.7 Å². The lowest BCUT2D eigenvalue weighted by atomic mass is 9.99. The van der Waals surface area contributed by atoms with Gasteiger partial charge < -0.3 is 19.1 Å². The molecule has 0 amide bonds. The fourth-order valence-corrected chi connectivity index (χ4v) is 5.19. The van der Waals surface area contributed by atoms with Crippen LogP contribution in [0.4, 0.5) is 18.9 Å². The van der Waals surface area contributed by atoms with Crippen molar-refractivity contribution in [2.75, 3.05) is 38.6 Å². The summed E-state index contributed by atoms with van der Waals surface area (Å²) in [6, 6.07) is 13.0. The van der Waals surface area contributed by atoms with Crippen LogP contribution in [-0.4, -0.2) is 71.5 Å². The molecule has 3 aromatic rings. The van der Waals surface area contributed by atoms with Gasteiger partial charge in [-0.05, 0) is 57.8 Å². The van der Waals surface area contributed by atoms with E-state index in [4.69, 9.17) is 0 Å². The zero-order chi connectivity index (χ0) is 27.8. The largest absolute Gasteiger partial charge is 0.573 e. The maximum absolute atomic E-state index is 12.8. The first-order chi connectivity index (χ1) is 17.9. The Morgan fingerprint density at radius 1 is 1.18 bits per heavy atom. The second kappa shape index (κ2) is 10.6. The summed E-state index contributed by atoms with van der Waals surface area (Å²) >= 11 is 0. The minimum atomic E-state index is -4.73. The van der Waals surface area contributed by atoms with E-state index in [0.29, 0.717) is 29.8 Å². The fourth-order valence-electron chi connectivity index (χ4n) is 5.19. The van der Waals surface area contributed by atoms with Crippen LogP contribution >= 0.6 is 0 Å². The minimum Gasteiger partial charge on any atom is -0.406 e. The molecule has 1 aromatic carbocycles. The van der Waals surface area contributed by atoms with Crippen molar-refractivity contribution in [2.24, 2.45) is 7.05 Å². The molecule has 1 saturated heterocycles. The molecule has 1 aliphatic heterocycles. The molecule has 0 bridgehead atoms. The molecule has 0 N–H and O–H groups in total. The number of hydrogen-bond donors (Lipinski definition) is 0. The Morgan fingerprint density at radius 2 is 1.87 bits per heavy atom. The first-order valence-corrected chi connectivity index (χ1v) is 12.3. The number of hydrogen-bond acceptors (Lipinski definition) is 7. The van der Waals surface area contributed by atoms with Crippen LogP contribution < -0.4 is 15.2 Å². The van der Waals surface area contributed by atoms with Crippen molar-refractivity contribution in [1.82, 2.24) is 19.4 Å². The second-order valence-electron chi connectivity index (χ2n) is 10.0. The Kier molecular flexibility index (Phi) is 7.67. The Balaban J connectivity index is 1.67. The number of nitrogens with zero attached hydrogens (tertiary/aromatic N) is 6. The van der Waals surface area contributed by atoms with Gasteiger partial charge in [0.05, 0.1) is 11.2 Å². The van der Waals surface area contributed by atoms with Crippen molar-refractivity contribution in [3.63, 3.8) is 0 Å². The third-order valence-corrected chi connectivity index (χ3v) is 7.05. The van der Waals surface area contributed by atoms with Gasteiger partial charge in [-0.25, -0.2) is 4.98 Å². The molecule has 4 rings (SSSR count). The predicted octanol–water partition coefficient (Wildman–Crippen LogP) is 3.91. The topological polar surface area (TPSA) is 77.6 Å². The summed E-state index contributed by atoms with van der Waals surface area (Å²) in [5.74, 6) is -0.252. The van der Waals surface area contributed by atoms with Gasteiger partial charge in [0.1, 0.15) is 23.0 Å². The third-order valence-electron chi connectivity index (χ3n) is 7.05. The molecular formula is C27H31F3N6O2. The monoisotopic (exact) mass is 528 g/mol. The molecule has 0 radical (unpaired) electrons. The molecule has 0 aliphatic carbocycles. The summed E-state index contributed by atoms with van der Waals surface area (Å²) in [5.41, 5.74) is 2.94. The Morgan fingerprint density at radius 3 is 2.47 bits per heavy atom. The smallest absolute Gasteiger partial charge is 0.406 e. The van der Waals surface area contributed by atoms with E-state index in [1.54, 1.807) is 37.4 Å². The van der Waals surface area contributed by atoms with Gasteiger partial charge in [-0.2, -0.15) is 5.26 Å². The van der Waals surface area contributed by atoms with Crippen LogP contribution in [0.25, 0.3) is 11.0 Å². The summed E-state index contributed by atoms with van der Waals surface area (Å²) in [7, 11) is 5.66. The number of rotatable bonds is 6. The number of piperazine rings is 1. The van der Waals surface area contributed by atoms with E-state index in [0.717, 1.165) is 12.1 Å². The van der Waals surface area contributed by atoms with Crippen molar-refractivity contribution in [3.05, 3.63) is 64.1 Å². The minimum absolute atomic E-state index is 0.00783. The zero-order valence-electron chi connectivity index (χ0n) is 22.0. The van der Waals surface area contributed by atoms with Crippen LogP contribution in [0.15, 0.2) is 47.3 Å². The van der Waals surface area contributed by atoms with Crippen LogP contribution in [0.1, 0.15) is 31.1 Å². The molecule has 202 valence electrons. The average molecular weight is 529 g/mol. The molecular weight excluding hydrogens is 497 g/mol. The maximum Gasteiger partial charge on any atom is 0.573 e. The Labute approximate surface area is 219 Å². The zero-order valence-corrected chi connectivity index (χ0v) is 22.0. The van der Waals surface area contributed by atoms with Gasteiger partial charge in [0.2, 0.25) is 0 Å². The third kappa shape index (κ3) is 5.76. The molecule has 11 heteroatoms. The molecule has 1 fully saturated rings. The van der Waals surface area contributed by atoms with Crippen molar-refractivity contribution >= 4 is 16.7 Å². The predicted molar refractivity (Wildman–Crippen MR) is 139 cm³/mol. The Bertz CT molecular complexity index is 1400. The highest BCUT2D eigenvalue weighted by Gasteiger charge is 2.36. The number of halogens is 3. The number of alkyl halides is 3. The molecule has 0 saturated carbocycles. The second-order valence-corrected chi connectivity index (χ2v) is 10.0. The highest BCUT2D eigenvalue weighted by atomic mass is 19.4. The summed E-state index contributed by atoms with van der Waals surface area (Å²) in [6.07, 6.45) is -4.73. The van der Waals surface area contributed by atoms with Gasteiger partial charge in [0.15, 0.2) is 0 Å². The van der Waals surface area contributed by atoms with E-state index in [2.05, 4.69) is 37.4 Å². The number of anilines is 1. The van der Waals surface area contributed by atoms with Crippen molar-refractivity contribution in [2.45, 2.75) is 38.3 Å². The maximum atomic E-state index is 12.8. The average Bonchev–Trinajstić information content (AvgIpc) is 2.85. The lowest BCUT2D eigenvalue weighted by molar-refractivity contribution is -0.274. The van der Waals surface area contributed by atoms with E-state index in [-0.39, 0.29) is 35.1 Å². The number of pyridine rings is 2. The molecule has 1 aliphatic rings. The first-order valence-electron chi connectivity index (χ1n) is 12.3. The first kappa shape index (κ1) is 27.4. The quantitative estimate of drug-likeness (QED) is 0.480. The van der Waals surface area contributed by atoms with Crippen LogP contribution in [0.2, 0.25) is 0 Å². The van der Waals surface area contributed by atoms with E-state index < -0.39 is 6.36 Å². The highest BCUT2D eigenvalue weighted by molar-refractivity contribution is 5.89. The summed E-state index contributed by atoms with van der Waals surface area (Å²) in [4.78, 5) is 24.0. The molecule has 3 heterocycles. The van der Waals surface area contributed by atoms with Crippen LogP contribution in [0.3, 0.4) is 0 Å². The van der Waals surface area contributed by atoms with Crippen LogP contribution in [-0.2, 0) is 7.05 Å². The van der Waals surface area contributed by atoms with Crippen molar-refractivity contribution in [3.8, 4) is 11.8 Å². The van der Waals surface area contributed by atoms with Gasteiger partial charge >= 0.3 is 6.36 Å². The van der Waals surface area contributed by atoms with Crippen LogP contribution in [0.5, 0.6) is 5.75 Å². The van der Waals surface area contributed by atoms with Gasteiger partial charge in [-0.1, -0.05) is 12.1 Å². The summed E-state index contributed by atoms with van der Waals surface area (Å²) < 4.78 is 43.3. The molecule has 2 unspecified atom stereocenters. The number of nitriles is 1. The van der Waals surface area contributed by atoms with E-state index in [9.17, 15) is 23.2 Å². The number of aromatic nitrogens is 2. The lowest BCUT2D eigenvalue weighted by Crippen LogP contribution is -2.60. The number of fused-ring (bicyclic) bond motifs is 1. The molecule has 38 heavy (non-hydrogen) atoms. The van der Waals surface area contributed by atoms with Gasteiger partial charge in [-0.3, -0.25) is 9.69 Å². The highest BCUT2D eigenvalue weighted by Crippen LogP contribution is 2.33. The summed E-state index contributed by atoms with van der Waals surface area (Å²) in [5, 5.41) is 9.42. The van der Waals surface area contributed by atoms with Crippen molar-refractivity contribution < 1.29 is 17.9 Å². The molecule has 2 aromatic heterocycles.